The van der Waals surface area contributed by atoms with Crippen molar-refractivity contribution in [1.82, 2.24) is 0 Å². The third kappa shape index (κ3) is 3.31. The fourth-order valence-corrected chi connectivity index (χ4v) is 9.42. The van der Waals surface area contributed by atoms with E-state index in [0.29, 0.717) is 29.6 Å². The van der Waals surface area contributed by atoms with Crippen LogP contribution in [0, 0.1) is 28.6 Å². The Hall–Kier alpha value is -2.30. The van der Waals surface area contributed by atoms with Gasteiger partial charge in [0.15, 0.2) is 17.1 Å². The van der Waals surface area contributed by atoms with Crippen molar-refractivity contribution in [2.45, 2.75) is 56.7 Å². The molecule has 6 rings (SSSR count). The summed E-state index contributed by atoms with van der Waals surface area (Å²) < 4.78 is 52.1. The Labute approximate surface area is 229 Å². The monoisotopic (exact) mass is 563 g/mol. The predicted molar refractivity (Wildman–Crippen MR) is 140 cm³/mol. The van der Waals surface area contributed by atoms with E-state index in [9.17, 15) is 19.1 Å². The lowest BCUT2D eigenvalue weighted by atomic mass is 9.44. The molecule has 5 aliphatic rings. The van der Waals surface area contributed by atoms with Crippen molar-refractivity contribution >= 4 is 28.3 Å². The number of carbonyl (C=O) groups excluding carboxylic acids is 2. The first-order chi connectivity index (χ1) is 18.5. The van der Waals surface area contributed by atoms with Crippen molar-refractivity contribution in [2.24, 2.45) is 28.6 Å². The number of anilines is 1. The lowest BCUT2D eigenvalue weighted by Gasteiger charge is -2.63. The zero-order chi connectivity index (χ0) is 28.0. The molecular weight excluding hydrogens is 531 g/mol. The van der Waals surface area contributed by atoms with Crippen LogP contribution in [-0.4, -0.2) is 59.2 Å². The number of alkyl halides is 3. The summed E-state index contributed by atoms with van der Waals surface area (Å²) in [5.41, 5.74) is -5.71. The molecule has 4 aliphatic carbocycles. The van der Waals surface area contributed by atoms with Gasteiger partial charge in [-0.1, -0.05) is 30.8 Å². The predicted octanol–water partition coefficient (Wildman–Crippen LogP) is 4.92. The second-order valence-electron chi connectivity index (χ2n) is 11.9. The number of aliphatic hydroxyl groups is 1. The van der Waals surface area contributed by atoms with Crippen LogP contribution in [0.25, 0.3) is 0 Å². The van der Waals surface area contributed by atoms with Crippen LogP contribution in [0.15, 0.2) is 48.1 Å². The lowest BCUT2D eigenvalue weighted by Crippen LogP contribution is -2.70. The Balaban J connectivity index is 1.44. The van der Waals surface area contributed by atoms with Crippen molar-refractivity contribution in [3.8, 4) is 5.75 Å². The van der Waals surface area contributed by atoms with E-state index < -0.39 is 69.0 Å². The molecule has 1 aromatic rings. The Morgan fingerprint density at radius 2 is 2.05 bits per heavy atom. The molecule has 0 spiro atoms. The van der Waals surface area contributed by atoms with Crippen LogP contribution in [0.5, 0.6) is 5.75 Å². The first-order valence-electron chi connectivity index (χ1n) is 13.3. The van der Waals surface area contributed by atoms with Gasteiger partial charge in [-0.3, -0.25) is 19.5 Å². The summed E-state index contributed by atoms with van der Waals surface area (Å²) in [6, 6.07) is 6.20. The summed E-state index contributed by atoms with van der Waals surface area (Å²) in [6.45, 7) is 3.63. The first kappa shape index (κ1) is 26.9. The Kier molecular flexibility index (Phi) is 6.10. The maximum atomic E-state index is 17.5. The molecule has 6 nitrogen and oxygen atoms in total. The van der Waals surface area contributed by atoms with Gasteiger partial charge in [0.05, 0.1) is 25.4 Å². The lowest BCUT2D eigenvalue weighted by molar-refractivity contribution is -0.225. The largest absolute Gasteiger partial charge is 0.497 e. The minimum absolute atomic E-state index is 0.0498. The van der Waals surface area contributed by atoms with Crippen LogP contribution in [0.3, 0.4) is 0 Å². The zero-order valence-corrected chi connectivity index (χ0v) is 22.8. The molecule has 10 heteroatoms. The van der Waals surface area contributed by atoms with Gasteiger partial charge in [0.25, 0.3) is 0 Å². The van der Waals surface area contributed by atoms with Gasteiger partial charge in [0.2, 0.25) is 5.12 Å². The summed E-state index contributed by atoms with van der Waals surface area (Å²) in [4.78, 5) is 32.4. The number of nitrogens with zero attached hydrogens (tertiary/aromatic N) is 1. The Bertz CT molecular complexity index is 1290. The van der Waals surface area contributed by atoms with E-state index in [1.165, 1.54) is 12.2 Å². The molecule has 0 aromatic heterocycles. The minimum Gasteiger partial charge on any atom is -0.497 e. The van der Waals surface area contributed by atoms with Gasteiger partial charge >= 0.3 is 0 Å². The van der Waals surface area contributed by atoms with Crippen LogP contribution in [0.4, 0.5) is 18.9 Å². The zero-order valence-electron chi connectivity index (χ0n) is 22.0. The molecule has 3 saturated carbocycles. The van der Waals surface area contributed by atoms with Gasteiger partial charge in [0.1, 0.15) is 17.9 Å². The molecule has 0 bridgehead atoms. The fraction of sp³-hybridized carbons (Fsp3) is 0.586. The van der Waals surface area contributed by atoms with Crippen LogP contribution in [0.1, 0.15) is 33.1 Å². The van der Waals surface area contributed by atoms with Gasteiger partial charge in [0, 0.05) is 28.7 Å². The summed E-state index contributed by atoms with van der Waals surface area (Å²) in [7, 11) is 1.54. The molecule has 1 aliphatic heterocycles. The molecule has 1 N–H and O–H groups in total. The van der Waals surface area contributed by atoms with Crippen LogP contribution in [-0.2, 0) is 14.4 Å². The average Bonchev–Trinajstić information content (AvgIpc) is 3.41. The van der Waals surface area contributed by atoms with Crippen molar-refractivity contribution in [1.29, 1.82) is 0 Å². The number of hydroxylamine groups is 1. The van der Waals surface area contributed by atoms with Gasteiger partial charge in [-0.25, -0.2) is 13.2 Å². The number of hydrogen-bond donors (Lipinski definition) is 1. The maximum Gasteiger partial charge on any atom is 0.226 e. The Morgan fingerprint density at radius 1 is 1.28 bits per heavy atom. The number of thioether (sulfide) groups is 1. The molecule has 1 heterocycles. The van der Waals surface area contributed by atoms with E-state index in [1.807, 2.05) is 6.07 Å². The second-order valence-corrected chi connectivity index (χ2v) is 12.8. The maximum absolute atomic E-state index is 17.5. The van der Waals surface area contributed by atoms with E-state index in [2.05, 4.69) is 0 Å². The van der Waals surface area contributed by atoms with Gasteiger partial charge in [-0.05, 0) is 62.0 Å². The number of benzene rings is 1. The molecule has 0 unspecified atom stereocenters. The molecule has 0 radical (unpaired) electrons. The van der Waals surface area contributed by atoms with E-state index in [-0.39, 0.29) is 25.0 Å². The second kappa shape index (κ2) is 8.85. The molecule has 9 atom stereocenters. The van der Waals surface area contributed by atoms with Crippen molar-refractivity contribution in [2.75, 3.05) is 24.7 Å². The quantitative estimate of drug-likeness (QED) is 0.558. The number of ketones is 1. The number of hydrogen-bond acceptors (Lipinski definition) is 7. The van der Waals surface area contributed by atoms with Crippen molar-refractivity contribution < 1.29 is 37.4 Å². The summed E-state index contributed by atoms with van der Waals surface area (Å²) >= 11 is 0.514. The SMILES string of the molecule is COc1cccc(N2C[C@@H]3C[C@H]4[C@@H]5C[C@H](F)C6=CC(=O)C=C[C@]6(C)[C@@]5(F)[C@@H](O)C[C@]4(C)[C@]3(C(=O)SCF)O2)c1. The van der Waals surface area contributed by atoms with Crippen LogP contribution in [0.2, 0.25) is 0 Å². The van der Waals surface area contributed by atoms with Crippen molar-refractivity contribution in [3.05, 3.63) is 48.1 Å². The van der Waals surface area contributed by atoms with E-state index in [4.69, 9.17) is 9.57 Å². The molecule has 1 aromatic carbocycles. The molecule has 39 heavy (non-hydrogen) atoms. The Morgan fingerprint density at radius 3 is 2.77 bits per heavy atom. The summed E-state index contributed by atoms with van der Waals surface area (Å²) in [5.74, 6) is -1.71. The number of fused-ring (bicyclic) bond motifs is 7. The standard InChI is InChI=1S/C29H32F3NO5S/c1-26-8-7-18(34)11-22(26)23(31)12-21-20-9-16-14-33(17-5-4-6-19(10-17)37-3)38-29(16,25(36)39-15-30)27(20,2)13-24(35)28(21,26)32/h4-8,10-11,16,20-21,23-24,35H,9,12-15H2,1-3H3/t16-,20-,21-,23-,24-,26-,27-,28-,29-/m0/s1. The normalized spacial score (nSPS) is 44.3. The highest BCUT2D eigenvalue weighted by molar-refractivity contribution is 8.13. The molecular formula is C29H32F3NO5S. The van der Waals surface area contributed by atoms with Gasteiger partial charge in [-0.15, -0.1) is 0 Å². The number of aliphatic hydroxyl groups excluding tert-OH is 1. The molecule has 4 fully saturated rings. The average molecular weight is 564 g/mol. The number of ether oxygens (including phenoxy) is 1. The van der Waals surface area contributed by atoms with E-state index in [1.54, 1.807) is 44.2 Å². The molecule has 1 saturated heterocycles. The number of halogens is 3. The number of allylic oxidation sites excluding steroid dienone is 4. The van der Waals surface area contributed by atoms with Gasteiger partial charge < -0.3 is 9.84 Å². The highest BCUT2D eigenvalue weighted by Crippen LogP contribution is 2.73. The highest BCUT2D eigenvalue weighted by atomic mass is 32.2. The van der Waals surface area contributed by atoms with Crippen LogP contribution < -0.4 is 9.80 Å². The number of carbonyl (C=O) groups is 2. The fourth-order valence-electron chi connectivity index (χ4n) is 8.66. The molecule has 0 amide bonds. The van der Waals surface area contributed by atoms with Gasteiger partial charge in [-0.2, -0.15) is 0 Å². The van der Waals surface area contributed by atoms with Crippen LogP contribution >= 0.6 is 11.8 Å². The topological polar surface area (TPSA) is 76.1 Å². The number of rotatable bonds is 4. The van der Waals surface area contributed by atoms with Crippen molar-refractivity contribution in [3.63, 3.8) is 0 Å². The number of methoxy groups -OCH3 is 1. The third-order valence-corrected chi connectivity index (χ3v) is 11.1. The summed E-state index contributed by atoms with van der Waals surface area (Å²) in [5, 5.41) is 12.7. The smallest absolute Gasteiger partial charge is 0.226 e. The summed E-state index contributed by atoms with van der Waals surface area (Å²) in [6.07, 6.45) is 0.641. The van der Waals surface area contributed by atoms with E-state index in [0.717, 1.165) is 6.08 Å². The minimum atomic E-state index is -2.26. The first-order valence-corrected chi connectivity index (χ1v) is 14.2. The third-order valence-electron chi connectivity index (χ3n) is 10.5. The molecule has 210 valence electrons. The van der Waals surface area contributed by atoms with E-state index >= 15 is 8.78 Å². The highest BCUT2D eigenvalue weighted by Gasteiger charge is 2.79.